The number of sulfonamides is 1. The number of amides is 3. The predicted octanol–water partition coefficient (Wildman–Crippen LogP) is 2.73. The van der Waals surface area contributed by atoms with Gasteiger partial charge in [-0.05, 0) is 55.0 Å². The second kappa shape index (κ2) is 11.2. The lowest BCUT2D eigenvalue weighted by molar-refractivity contribution is -0.118. The highest BCUT2D eigenvalue weighted by Gasteiger charge is 2.19. The number of nitrogens with one attached hydrogen (secondary N) is 4. The molecule has 4 N–H and O–H groups in total. The third-order valence-corrected chi connectivity index (χ3v) is 5.96. The molecule has 0 saturated carbocycles. The summed E-state index contributed by atoms with van der Waals surface area (Å²) in [6.07, 6.45) is 1.38. The third kappa shape index (κ3) is 7.36. The van der Waals surface area contributed by atoms with Crippen molar-refractivity contribution >= 4 is 39.5 Å². The normalized spacial score (nSPS) is 11.4. The largest absolute Gasteiger partial charge is 0.326 e. The van der Waals surface area contributed by atoms with Gasteiger partial charge in [0.15, 0.2) is 0 Å². The molecule has 0 aliphatic carbocycles. The molecular weight excluding hydrogens is 468 g/mol. The standard InChI is InChI=1S/C25H24N4O5S/c1-17-8-14-22(15-9-17)35(33,34)29-28-25(32)23(27-24(31)20-6-4-3-5-7-20)16-19-10-12-21(13-11-19)26-18(2)30/h3-16,29H,1-2H3,(H,26,30)(H,27,31)(H,28,32)/b23-16+. The lowest BCUT2D eigenvalue weighted by Gasteiger charge is -2.13. The summed E-state index contributed by atoms with van der Waals surface area (Å²) in [6, 6.07) is 20.8. The van der Waals surface area contributed by atoms with Crippen LogP contribution in [0.5, 0.6) is 0 Å². The molecule has 0 aliphatic rings. The summed E-state index contributed by atoms with van der Waals surface area (Å²) in [5, 5.41) is 5.15. The van der Waals surface area contributed by atoms with Gasteiger partial charge in [0, 0.05) is 18.2 Å². The Morgan fingerprint density at radius 1 is 0.829 bits per heavy atom. The Morgan fingerprint density at radius 3 is 2.06 bits per heavy atom. The van der Waals surface area contributed by atoms with Crippen molar-refractivity contribution in [1.82, 2.24) is 15.6 Å². The summed E-state index contributed by atoms with van der Waals surface area (Å²) in [5.41, 5.74) is 4.21. The fraction of sp³-hybridized carbons (Fsp3) is 0.0800. The minimum atomic E-state index is -4.04. The Hall–Kier alpha value is -4.28. The molecule has 0 atom stereocenters. The molecule has 0 saturated heterocycles. The van der Waals surface area contributed by atoms with E-state index in [-0.39, 0.29) is 16.5 Å². The van der Waals surface area contributed by atoms with E-state index < -0.39 is 21.8 Å². The molecule has 3 aromatic rings. The topological polar surface area (TPSA) is 133 Å². The number of benzene rings is 3. The molecule has 0 spiro atoms. The summed E-state index contributed by atoms with van der Waals surface area (Å²) in [7, 11) is -4.04. The molecule has 3 amide bonds. The first-order chi connectivity index (χ1) is 16.6. The van der Waals surface area contributed by atoms with E-state index in [0.29, 0.717) is 16.8 Å². The zero-order valence-electron chi connectivity index (χ0n) is 19.0. The average molecular weight is 493 g/mol. The molecule has 0 unspecified atom stereocenters. The lowest BCUT2D eigenvalue weighted by Crippen LogP contribution is -2.45. The molecule has 0 radical (unpaired) electrons. The van der Waals surface area contributed by atoms with Crippen molar-refractivity contribution in [2.24, 2.45) is 0 Å². The molecule has 180 valence electrons. The van der Waals surface area contributed by atoms with Gasteiger partial charge in [0.2, 0.25) is 5.91 Å². The van der Waals surface area contributed by atoms with Gasteiger partial charge >= 0.3 is 0 Å². The van der Waals surface area contributed by atoms with Crippen LogP contribution in [0.1, 0.15) is 28.4 Å². The minimum absolute atomic E-state index is 0.0317. The number of carbonyl (C=O) groups excluding carboxylic acids is 3. The quantitative estimate of drug-likeness (QED) is 0.283. The number of rotatable bonds is 8. The zero-order chi connectivity index (χ0) is 25.4. The molecule has 10 heteroatoms. The van der Waals surface area contributed by atoms with Gasteiger partial charge in [-0.2, -0.15) is 0 Å². The predicted molar refractivity (Wildman–Crippen MR) is 132 cm³/mol. The minimum Gasteiger partial charge on any atom is -0.326 e. The highest BCUT2D eigenvalue weighted by Crippen LogP contribution is 2.13. The van der Waals surface area contributed by atoms with Crippen molar-refractivity contribution in [2.45, 2.75) is 18.7 Å². The molecule has 9 nitrogen and oxygen atoms in total. The zero-order valence-corrected chi connectivity index (χ0v) is 19.8. The number of hydrogen-bond donors (Lipinski definition) is 4. The van der Waals surface area contributed by atoms with Crippen LogP contribution in [0.15, 0.2) is 89.5 Å². The van der Waals surface area contributed by atoms with E-state index in [0.717, 1.165) is 5.56 Å². The first kappa shape index (κ1) is 25.3. The monoisotopic (exact) mass is 492 g/mol. The van der Waals surface area contributed by atoms with E-state index in [9.17, 15) is 22.8 Å². The summed E-state index contributed by atoms with van der Waals surface area (Å²) in [4.78, 5) is 38.8. The summed E-state index contributed by atoms with van der Waals surface area (Å²) in [6.45, 7) is 3.20. The fourth-order valence-electron chi connectivity index (χ4n) is 2.93. The van der Waals surface area contributed by atoms with Gasteiger partial charge in [0.05, 0.1) is 4.90 Å². The molecule has 0 fully saturated rings. The molecular formula is C25H24N4O5S. The fourth-order valence-corrected chi connectivity index (χ4v) is 3.77. The number of carbonyl (C=O) groups is 3. The van der Waals surface area contributed by atoms with E-state index in [1.165, 1.54) is 25.1 Å². The van der Waals surface area contributed by atoms with E-state index >= 15 is 0 Å². The maximum atomic E-state index is 12.9. The summed E-state index contributed by atoms with van der Waals surface area (Å²) in [5.74, 6) is -1.66. The smallest absolute Gasteiger partial charge is 0.282 e. The van der Waals surface area contributed by atoms with Crippen molar-refractivity contribution in [2.75, 3.05) is 5.32 Å². The van der Waals surface area contributed by atoms with Crippen molar-refractivity contribution in [3.63, 3.8) is 0 Å². The van der Waals surface area contributed by atoms with Crippen LogP contribution < -0.4 is 20.9 Å². The Bertz CT molecular complexity index is 1350. The SMILES string of the molecule is CC(=O)Nc1ccc(/C=C(/NC(=O)c2ccccc2)C(=O)NNS(=O)(=O)c2ccc(C)cc2)cc1. The van der Waals surface area contributed by atoms with Crippen LogP contribution in [0, 0.1) is 6.92 Å². The van der Waals surface area contributed by atoms with Crippen LogP contribution in [-0.2, 0) is 19.6 Å². The van der Waals surface area contributed by atoms with Gasteiger partial charge in [-0.25, -0.2) is 8.42 Å². The van der Waals surface area contributed by atoms with E-state index in [4.69, 9.17) is 0 Å². The van der Waals surface area contributed by atoms with E-state index in [1.54, 1.807) is 66.7 Å². The van der Waals surface area contributed by atoms with Gasteiger partial charge < -0.3 is 10.6 Å². The van der Waals surface area contributed by atoms with Crippen molar-refractivity contribution in [3.05, 3.63) is 101 Å². The second-order valence-corrected chi connectivity index (χ2v) is 9.24. The first-order valence-electron chi connectivity index (χ1n) is 10.5. The highest BCUT2D eigenvalue weighted by atomic mass is 32.2. The van der Waals surface area contributed by atoms with Gasteiger partial charge in [0.1, 0.15) is 5.70 Å². The summed E-state index contributed by atoms with van der Waals surface area (Å²) >= 11 is 0. The van der Waals surface area contributed by atoms with E-state index in [1.807, 2.05) is 11.8 Å². The summed E-state index contributed by atoms with van der Waals surface area (Å²) < 4.78 is 25.1. The second-order valence-electron chi connectivity index (χ2n) is 7.55. The Balaban J connectivity index is 1.83. The molecule has 0 heterocycles. The van der Waals surface area contributed by atoms with Crippen LogP contribution in [0.25, 0.3) is 6.08 Å². The van der Waals surface area contributed by atoms with Crippen LogP contribution in [0.2, 0.25) is 0 Å². The van der Waals surface area contributed by atoms with Crippen molar-refractivity contribution < 1.29 is 22.8 Å². The number of hydrogen-bond acceptors (Lipinski definition) is 5. The van der Waals surface area contributed by atoms with Crippen molar-refractivity contribution in [1.29, 1.82) is 0 Å². The van der Waals surface area contributed by atoms with Gasteiger partial charge in [0.25, 0.3) is 21.8 Å². The van der Waals surface area contributed by atoms with Crippen LogP contribution in [0.4, 0.5) is 5.69 Å². The molecule has 3 aromatic carbocycles. The van der Waals surface area contributed by atoms with Crippen LogP contribution in [0.3, 0.4) is 0 Å². The highest BCUT2D eigenvalue weighted by molar-refractivity contribution is 7.89. The van der Waals surface area contributed by atoms with Gasteiger partial charge in [-0.1, -0.05) is 48.0 Å². The average Bonchev–Trinajstić information content (AvgIpc) is 2.84. The van der Waals surface area contributed by atoms with Gasteiger partial charge in [-0.3, -0.25) is 19.8 Å². The van der Waals surface area contributed by atoms with Crippen LogP contribution in [-0.4, -0.2) is 26.1 Å². The Morgan fingerprint density at radius 2 is 1.46 bits per heavy atom. The Kier molecular flexibility index (Phi) is 8.13. The first-order valence-corrected chi connectivity index (χ1v) is 12.0. The van der Waals surface area contributed by atoms with Crippen LogP contribution >= 0.6 is 0 Å². The van der Waals surface area contributed by atoms with Crippen molar-refractivity contribution in [3.8, 4) is 0 Å². The molecule has 3 rings (SSSR count). The molecule has 0 aliphatic heterocycles. The maximum Gasteiger partial charge on any atom is 0.282 e. The number of anilines is 1. The van der Waals surface area contributed by atoms with Gasteiger partial charge in [-0.15, -0.1) is 4.83 Å². The Labute approximate surface area is 203 Å². The maximum absolute atomic E-state index is 12.9. The number of aryl methyl sites for hydroxylation is 1. The number of hydrazine groups is 1. The molecule has 35 heavy (non-hydrogen) atoms. The lowest BCUT2D eigenvalue weighted by atomic mass is 10.1. The molecule has 0 bridgehead atoms. The molecule has 0 aromatic heterocycles. The third-order valence-electron chi connectivity index (χ3n) is 4.70. The van der Waals surface area contributed by atoms with E-state index in [2.05, 4.69) is 16.1 Å².